The Bertz CT molecular complexity index is 484. The molecule has 1 aliphatic heterocycles. The Labute approximate surface area is 133 Å². The summed E-state index contributed by atoms with van der Waals surface area (Å²) < 4.78 is 7.64. The number of hydrogen-bond acceptors (Lipinski definition) is 3. The van der Waals surface area contributed by atoms with Gasteiger partial charge >= 0.3 is 6.09 Å². The Morgan fingerprint density at radius 3 is 2.68 bits per heavy atom. The standard InChI is InChI=1S/C17H29N3O2/c1-4-6-7-8-9-10-11-20-16-18-14(3)12-19(16)13-15(5-2)22-17(20)21/h12,15H,4-11,13H2,1-3H3. The molecule has 1 aromatic heterocycles. The van der Waals surface area contributed by atoms with Crippen LogP contribution in [0.25, 0.3) is 0 Å². The first-order valence-corrected chi connectivity index (χ1v) is 8.67. The Hall–Kier alpha value is -1.52. The Balaban J connectivity index is 1.97. The lowest BCUT2D eigenvalue weighted by Crippen LogP contribution is -2.34. The summed E-state index contributed by atoms with van der Waals surface area (Å²) in [4.78, 5) is 18.6. The quantitative estimate of drug-likeness (QED) is 0.673. The highest BCUT2D eigenvalue weighted by molar-refractivity contribution is 5.86. The second-order valence-corrected chi connectivity index (χ2v) is 6.17. The number of nitrogens with zero attached hydrogens (tertiary/aromatic N) is 3. The number of fused-ring (bicyclic) bond motifs is 1. The van der Waals surface area contributed by atoms with Crippen LogP contribution >= 0.6 is 0 Å². The monoisotopic (exact) mass is 307 g/mol. The van der Waals surface area contributed by atoms with Crippen LogP contribution in [0.2, 0.25) is 0 Å². The first-order valence-electron chi connectivity index (χ1n) is 8.67. The van der Waals surface area contributed by atoms with E-state index in [0.717, 1.165) is 30.9 Å². The van der Waals surface area contributed by atoms with E-state index in [0.29, 0.717) is 13.1 Å². The zero-order chi connectivity index (χ0) is 15.9. The summed E-state index contributed by atoms with van der Waals surface area (Å²) in [7, 11) is 0. The van der Waals surface area contributed by atoms with Gasteiger partial charge in [0.25, 0.3) is 0 Å². The number of unbranched alkanes of at least 4 members (excludes halogenated alkanes) is 5. The number of anilines is 1. The Morgan fingerprint density at radius 2 is 1.95 bits per heavy atom. The molecule has 1 atom stereocenters. The van der Waals surface area contributed by atoms with Crippen molar-refractivity contribution in [3.8, 4) is 0 Å². The second kappa shape index (κ2) is 8.20. The van der Waals surface area contributed by atoms with E-state index in [4.69, 9.17) is 4.74 Å². The summed E-state index contributed by atoms with van der Waals surface area (Å²) in [6, 6.07) is 0. The number of carbonyl (C=O) groups is 1. The summed E-state index contributed by atoms with van der Waals surface area (Å²) in [5.74, 6) is 0.743. The summed E-state index contributed by atoms with van der Waals surface area (Å²) >= 11 is 0. The number of ether oxygens (including phenoxy) is 1. The molecule has 0 bridgehead atoms. The number of cyclic esters (lactones) is 1. The van der Waals surface area contributed by atoms with Gasteiger partial charge in [-0.15, -0.1) is 0 Å². The number of rotatable bonds is 8. The van der Waals surface area contributed by atoms with Crippen LogP contribution in [0.1, 0.15) is 64.5 Å². The number of carbonyl (C=O) groups excluding carboxylic acids is 1. The van der Waals surface area contributed by atoms with Crippen molar-refractivity contribution in [1.82, 2.24) is 9.55 Å². The lowest BCUT2D eigenvalue weighted by Gasteiger charge is -2.19. The van der Waals surface area contributed by atoms with Gasteiger partial charge in [-0.3, -0.25) is 0 Å². The van der Waals surface area contributed by atoms with Gasteiger partial charge in [0, 0.05) is 12.7 Å². The molecule has 1 aliphatic rings. The predicted molar refractivity (Wildman–Crippen MR) is 88.2 cm³/mol. The summed E-state index contributed by atoms with van der Waals surface area (Å²) in [6.07, 6.45) is 9.76. The molecule has 5 nitrogen and oxygen atoms in total. The minimum absolute atomic E-state index is 0.0607. The molecule has 0 spiro atoms. The fraction of sp³-hybridized carbons (Fsp3) is 0.765. The van der Waals surface area contributed by atoms with Gasteiger partial charge in [0.1, 0.15) is 6.10 Å². The molecule has 22 heavy (non-hydrogen) atoms. The molecule has 1 aromatic rings. The normalized spacial score (nSPS) is 18.0. The highest BCUT2D eigenvalue weighted by atomic mass is 16.6. The zero-order valence-corrected chi connectivity index (χ0v) is 14.2. The molecule has 0 radical (unpaired) electrons. The van der Waals surface area contributed by atoms with E-state index in [-0.39, 0.29) is 12.2 Å². The summed E-state index contributed by atoms with van der Waals surface area (Å²) in [5.41, 5.74) is 0.951. The van der Waals surface area contributed by atoms with Crippen molar-refractivity contribution in [2.75, 3.05) is 11.4 Å². The minimum atomic E-state index is -0.246. The highest BCUT2D eigenvalue weighted by Crippen LogP contribution is 2.22. The van der Waals surface area contributed by atoms with Crippen LogP contribution in [0.3, 0.4) is 0 Å². The number of amides is 1. The van der Waals surface area contributed by atoms with Crippen molar-refractivity contribution in [2.24, 2.45) is 0 Å². The molecular weight excluding hydrogens is 278 g/mol. The van der Waals surface area contributed by atoms with Gasteiger partial charge in [0.05, 0.1) is 12.2 Å². The van der Waals surface area contributed by atoms with Crippen LogP contribution in [0.5, 0.6) is 0 Å². The molecule has 5 heteroatoms. The average Bonchev–Trinajstić information content (AvgIpc) is 2.80. The zero-order valence-electron chi connectivity index (χ0n) is 14.2. The fourth-order valence-electron chi connectivity index (χ4n) is 2.88. The van der Waals surface area contributed by atoms with Crippen molar-refractivity contribution >= 4 is 12.0 Å². The van der Waals surface area contributed by atoms with Gasteiger partial charge in [-0.2, -0.15) is 0 Å². The van der Waals surface area contributed by atoms with Gasteiger partial charge < -0.3 is 9.30 Å². The number of aromatic nitrogens is 2. The third-order valence-corrected chi connectivity index (χ3v) is 4.20. The molecule has 124 valence electrons. The Kier molecular flexibility index (Phi) is 6.28. The van der Waals surface area contributed by atoms with Crippen LogP contribution in [0.4, 0.5) is 10.7 Å². The molecule has 1 amide bonds. The van der Waals surface area contributed by atoms with E-state index in [2.05, 4.69) is 16.5 Å². The van der Waals surface area contributed by atoms with E-state index >= 15 is 0 Å². The smallest absolute Gasteiger partial charge is 0.416 e. The first kappa shape index (κ1) is 16.8. The van der Waals surface area contributed by atoms with E-state index in [9.17, 15) is 4.79 Å². The number of imidazole rings is 1. The lowest BCUT2D eigenvalue weighted by molar-refractivity contribution is 0.0972. The second-order valence-electron chi connectivity index (χ2n) is 6.17. The maximum atomic E-state index is 12.4. The van der Waals surface area contributed by atoms with Crippen LogP contribution in [-0.4, -0.2) is 28.3 Å². The summed E-state index contributed by atoms with van der Waals surface area (Å²) in [6.45, 7) is 7.63. The predicted octanol–water partition coefficient (Wildman–Crippen LogP) is 4.29. The van der Waals surface area contributed by atoms with Crippen LogP contribution < -0.4 is 4.90 Å². The van der Waals surface area contributed by atoms with Crippen molar-refractivity contribution < 1.29 is 9.53 Å². The highest BCUT2D eigenvalue weighted by Gasteiger charge is 2.29. The van der Waals surface area contributed by atoms with Gasteiger partial charge in [-0.05, 0) is 19.8 Å². The van der Waals surface area contributed by atoms with Gasteiger partial charge in [0.2, 0.25) is 5.95 Å². The van der Waals surface area contributed by atoms with Crippen molar-refractivity contribution in [1.29, 1.82) is 0 Å². The third kappa shape index (κ3) is 4.24. The Morgan fingerprint density at radius 1 is 1.23 bits per heavy atom. The van der Waals surface area contributed by atoms with Gasteiger partial charge in [-0.25, -0.2) is 14.7 Å². The first-order chi connectivity index (χ1) is 10.7. The van der Waals surface area contributed by atoms with E-state index < -0.39 is 0 Å². The maximum Gasteiger partial charge on any atom is 0.416 e. The van der Waals surface area contributed by atoms with Gasteiger partial charge in [-0.1, -0.05) is 46.0 Å². The average molecular weight is 307 g/mol. The number of hydrogen-bond donors (Lipinski definition) is 0. The van der Waals surface area contributed by atoms with E-state index in [1.165, 1.54) is 25.7 Å². The van der Waals surface area contributed by atoms with Crippen molar-refractivity contribution in [3.63, 3.8) is 0 Å². The SMILES string of the molecule is CCCCCCCCN1C(=O)OC(CC)Cn2cc(C)nc21. The maximum absolute atomic E-state index is 12.4. The molecule has 0 saturated carbocycles. The largest absolute Gasteiger partial charge is 0.444 e. The summed E-state index contributed by atoms with van der Waals surface area (Å²) in [5, 5.41) is 0. The van der Waals surface area contributed by atoms with Crippen LogP contribution in [-0.2, 0) is 11.3 Å². The van der Waals surface area contributed by atoms with Crippen LogP contribution in [0, 0.1) is 6.92 Å². The molecule has 0 aromatic carbocycles. The fourth-order valence-corrected chi connectivity index (χ4v) is 2.88. The minimum Gasteiger partial charge on any atom is -0.444 e. The number of aryl methyl sites for hydroxylation is 1. The van der Waals surface area contributed by atoms with Crippen LogP contribution in [0.15, 0.2) is 6.20 Å². The molecule has 1 unspecified atom stereocenters. The molecule has 0 fully saturated rings. The molecule has 2 rings (SSSR count). The lowest BCUT2D eigenvalue weighted by atomic mass is 10.1. The van der Waals surface area contributed by atoms with Crippen molar-refractivity contribution in [2.45, 2.75) is 78.4 Å². The molecular formula is C17H29N3O2. The third-order valence-electron chi connectivity index (χ3n) is 4.20. The van der Waals surface area contributed by atoms with Gasteiger partial charge in [0.15, 0.2) is 0 Å². The van der Waals surface area contributed by atoms with E-state index in [1.54, 1.807) is 4.90 Å². The van der Waals surface area contributed by atoms with Crippen molar-refractivity contribution in [3.05, 3.63) is 11.9 Å². The molecule has 2 heterocycles. The molecule has 0 N–H and O–H groups in total. The molecule has 0 aliphatic carbocycles. The topological polar surface area (TPSA) is 47.4 Å². The molecule has 0 saturated heterocycles. The van der Waals surface area contributed by atoms with E-state index in [1.807, 2.05) is 20.0 Å².